The third kappa shape index (κ3) is 3.93. The molecule has 0 aliphatic heterocycles. The van der Waals surface area contributed by atoms with E-state index in [1.54, 1.807) is 0 Å². The lowest BCUT2D eigenvalue weighted by Crippen LogP contribution is -2.48. The molecule has 1 aromatic carbocycles. The molecule has 2 aliphatic rings. The van der Waals surface area contributed by atoms with Gasteiger partial charge in [-0.15, -0.1) is 12.4 Å². The topological polar surface area (TPSA) is 64.4 Å². The van der Waals surface area contributed by atoms with Crippen molar-refractivity contribution in [1.29, 1.82) is 0 Å². The summed E-state index contributed by atoms with van der Waals surface area (Å²) in [5, 5.41) is 2.93. The van der Waals surface area contributed by atoms with E-state index >= 15 is 0 Å². The number of carbonyl (C=O) groups is 1. The fourth-order valence-electron chi connectivity index (χ4n) is 3.30. The number of benzene rings is 1. The van der Waals surface area contributed by atoms with Gasteiger partial charge in [0.2, 0.25) is 5.91 Å². The van der Waals surface area contributed by atoms with Gasteiger partial charge in [0.25, 0.3) is 0 Å². The van der Waals surface area contributed by atoms with Crippen LogP contribution in [0.4, 0.5) is 5.69 Å². The number of rotatable bonds is 4. The molecule has 22 heavy (non-hydrogen) atoms. The third-order valence-electron chi connectivity index (χ3n) is 4.67. The van der Waals surface area contributed by atoms with E-state index in [9.17, 15) is 4.79 Å². The van der Waals surface area contributed by atoms with E-state index in [4.69, 9.17) is 10.5 Å². The number of nitrogens with one attached hydrogen (secondary N) is 1. The largest absolute Gasteiger partial charge is 0.490 e. The van der Waals surface area contributed by atoms with Gasteiger partial charge >= 0.3 is 0 Å². The quantitative estimate of drug-likeness (QED) is 0.888. The van der Waals surface area contributed by atoms with Crippen LogP contribution in [0.5, 0.6) is 5.75 Å². The van der Waals surface area contributed by atoms with Crippen LogP contribution in [0, 0.1) is 0 Å². The summed E-state index contributed by atoms with van der Waals surface area (Å²) < 4.78 is 5.92. The first-order chi connectivity index (χ1) is 10.2. The second kappa shape index (κ2) is 7.34. The molecular formula is C17H25ClN2O2. The molecule has 0 saturated heterocycles. The minimum atomic E-state index is -0.682. The molecule has 0 aromatic heterocycles. The Bertz CT molecular complexity index is 492. The molecule has 2 fully saturated rings. The molecule has 3 N–H and O–H groups in total. The number of hydrogen-bond donors (Lipinski definition) is 2. The van der Waals surface area contributed by atoms with E-state index in [0.717, 1.165) is 50.0 Å². The summed E-state index contributed by atoms with van der Waals surface area (Å²) in [6.45, 7) is 0. The molecule has 2 aliphatic carbocycles. The van der Waals surface area contributed by atoms with Crippen LogP contribution in [-0.4, -0.2) is 17.6 Å². The summed E-state index contributed by atoms with van der Waals surface area (Å²) in [6.07, 6.45) is 8.81. The highest BCUT2D eigenvalue weighted by Gasteiger charge is 2.36. The summed E-state index contributed by atoms with van der Waals surface area (Å²) in [5.74, 6) is 0.813. The lowest BCUT2D eigenvalue weighted by molar-refractivity contribution is -0.121. The van der Waals surface area contributed by atoms with Crippen molar-refractivity contribution in [2.24, 2.45) is 5.73 Å². The van der Waals surface area contributed by atoms with Crippen LogP contribution < -0.4 is 15.8 Å². The predicted octanol–water partition coefficient (Wildman–Crippen LogP) is 3.64. The van der Waals surface area contributed by atoms with Gasteiger partial charge in [0.15, 0.2) is 0 Å². The number of amides is 1. The zero-order chi connectivity index (χ0) is 14.7. The average Bonchev–Trinajstić information content (AvgIpc) is 3.13. The predicted molar refractivity (Wildman–Crippen MR) is 90.6 cm³/mol. The molecular weight excluding hydrogens is 300 g/mol. The van der Waals surface area contributed by atoms with Crippen LogP contribution >= 0.6 is 12.4 Å². The van der Waals surface area contributed by atoms with Gasteiger partial charge in [-0.25, -0.2) is 0 Å². The van der Waals surface area contributed by atoms with E-state index in [1.807, 2.05) is 24.3 Å². The third-order valence-corrected chi connectivity index (χ3v) is 4.67. The minimum Gasteiger partial charge on any atom is -0.490 e. The van der Waals surface area contributed by atoms with Crippen molar-refractivity contribution in [2.75, 3.05) is 5.32 Å². The standard InChI is InChI=1S/C17H24N2O2.ClH/c18-17(11-3-4-12-17)16(20)19-13-7-9-15(10-8-13)21-14-5-1-2-6-14;/h7-10,14H,1-6,11-12,18H2,(H,19,20);1H. The maximum Gasteiger partial charge on any atom is 0.244 e. The first kappa shape index (κ1) is 17.1. The van der Waals surface area contributed by atoms with Crippen LogP contribution in [0.3, 0.4) is 0 Å². The zero-order valence-corrected chi connectivity index (χ0v) is 13.7. The van der Waals surface area contributed by atoms with Gasteiger partial charge in [-0.05, 0) is 62.8 Å². The molecule has 0 unspecified atom stereocenters. The Hall–Kier alpha value is -1.26. The van der Waals surface area contributed by atoms with Crippen molar-refractivity contribution in [3.63, 3.8) is 0 Å². The highest BCUT2D eigenvalue weighted by Crippen LogP contribution is 2.29. The first-order valence-electron chi connectivity index (χ1n) is 8.03. The molecule has 1 amide bonds. The van der Waals surface area contributed by atoms with Crippen molar-refractivity contribution in [1.82, 2.24) is 0 Å². The Kier molecular flexibility index (Phi) is 5.70. The molecule has 122 valence electrons. The van der Waals surface area contributed by atoms with Gasteiger partial charge in [-0.1, -0.05) is 12.8 Å². The Morgan fingerprint density at radius 3 is 2.27 bits per heavy atom. The fraction of sp³-hybridized carbons (Fsp3) is 0.588. The van der Waals surface area contributed by atoms with E-state index < -0.39 is 5.54 Å². The summed E-state index contributed by atoms with van der Waals surface area (Å²) >= 11 is 0. The van der Waals surface area contributed by atoms with Crippen LogP contribution in [0.2, 0.25) is 0 Å². The molecule has 3 rings (SSSR count). The highest BCUT2D eigenvalue weighted by molar-refractivity contribution is 5.98. The number of hydrogen-bond acceptors (Lipinski definition) is 3. The zero-order valence-electron chi connectivity index (χ0n) is 12.8. The van der Waals surface area contributed by atoms with Crippen molar-refractivity contribution >= 4 is 24.0 Å². The monoisotopic (exact) mass is 324 g/mol. The van der Waals surface area contributed by atoms with Crippen LogP contribution in [0.1, 0.15) is 51.4 Å². The molecule has 0 atom stereocenters. The summed E-state index contributed by atoms with van der Waals surface area (Å²) in [5.41, 5.74) is 6.26. The van der Waals surface area contributed by atoms with Gasteiger partial charge < -0.3 is 15.8 Å². The molecule has 1 aromatic rings. The van der Waals surface area contributed by atoms with Crippen molar-refractivity contribution in [3.05, 3.63) is 24.3 Å². The number of ether oxygens (including phenoxy) is 1. The Balaban J connectivity index is 0.00000176. The van der Waals surface area contributed by atoms with Crippen molar-refractivity contribution in [2.45, 2.75) is 63.0 Å². The summed E-state index contributed by atoms with van der Waals surface area (Å²) in [4.78, 5) is 12.2. The molecule has 0 spiro atoms. The van der Waals surface area contributed by atoms with Crippen LogP contribution in [0.25, 0.3) is 0 Å². The Morgan fingerprint density at radius 1 is 1.09 bits per heavy atom. The molecule has 0 radical (unpaired) electrons. The molecule has 0 heterocycles. The Morgan fingerprint density at radius 2 is 1.68 bits per heavy atom. The maximum absolute atomic E-state index is 12.2. The number of carbonyl (C=O) groups excluding carboxylic acids is 1. The summed E-state index contributed by atoms with van der Waals surface area (Å²) in [7, 11) is 0. The van der Waals surface area contributed by atoms with Gasteiger partial charge in [-0.3, -0.25) is 4.79 Å². The molecule has 5 heteroatoms. The Labute approximate surface area is 138 Å². The van der Waals surface area contributed by atoms with Gasteiger partial charge in [0, 0.05) is 5.69 Å². The normalized spacial score (nSPS) is 20.4. The minimum absolute atomic E-state index is 0. The van der Waals surface area contributed by atoms with Crippen LogP contribution in [0.15, 0.2) is 24.3 Å². The van der Waals surface area contributed by atoms with E-state index in [0.29, 0.717) is 6.10 Å². The highest BCUT2D eigenvalue weighted by atomic mass is 35.5. The van der Waals surface area contributed by atoms with E-state index in [2.05, 4.69) is 5.32 Å². The molecule has 2 saturated carbocycles. The summed E-state index contributed by atoms with van der Waals surface area (Å²) in [6, 6.07) is 7.62. The fourth-order valence-corrected chi connectivity index (χ4v) is 3.30. The van der Waals surface area contributed by atoms with Gasteiger partial charge in [-0.2, -0.15) is 0 Å². The van der Waals surface area contributed by atoms with Crippen molar-refractivity contribution in [3.8, 4) is 5.75 Å². The average molecular weight is 325 g/mol. The van der Waals surface area contributed by atoms with E-state index in [1.165, 1.54) is 12.8 Å². The van der Waals surface area contributed by atoms with Gasteiger partial charge in [0.1, 0.15) is 5.75 Å². The lowest BCUT2D eigenvalue weighted by Gasteiger charge is -2.22. The van der Waals surface area contributed by atoms with E-state index in [-0.39, 0.29) is 18.3 Å². The lowest BCUT2D eigenvalue weighted by atomic mass is 9.98. The smallest absolute Gasteiger partial charge is 0.244 e. The second-order valence-electron chi connectivity index (χ2n) is 6.37. The molecule has 4 nitrogen and oxygen atoms in total. The number of nitrogens with two attached hydrogens (primary N) is 1. The number of anilines is 1. The number of halogens is 1. The van der Waals surface area contributed by atoms with Crippen LogP contribution in [-0.2, 0) is 4.79 Å². The second-order valence-corrected chi connectivity index (χ2v) is 6.37. The molecule has 0 bridgehead atoms. The first-order valence-corrected chi connectivity index (χ1v) is 8.03. The van der Waals surface area contributed by atoms with Crippen molar-refractivity contribution < 1.29 is 9.53 Å². The van der Waals surface area contributed by atoms with Gasteiger partial charge in [0.05, 0.1) is 11.6 Å². The maximum atomic E-state index is 12.2. The SMILES string of the molecule is Cl.NC1(C(=O)Nc2ccc(OC3CCCC3)cc2)CCCC1.